The lowest BCUT2D eigenvalue weighted by molar-refractivity contribution is -0.0228. The summed E-state index contributed by atoms with van der Waals surface area (Å²) in [6.07, 6.45) is 1.43. The van der Waals surface area contributed by atoms with E-state index in [1.807, 2.05) is 19.0 Å². The largest absolute Gasteiger partial charge is 0.370 e. The van der Waals surface area contributed by atoms with Crippen LogP contribution in [0.1, 0.15) is 22.0 Å². The predicted octanol–water partition coefficient (Wildman–Crippen LogP) is 2.50. The number of halogens is 1. The van der Waals surface area contributed by atoms with Gasteiger partial charge in [-0.25, -0.2) is 9.37 Å². The van der Waals surface area contributed by atoms with Crippen molar-refractivity contribution in [3.05, 3.63) is 59.5 Å². The number of nitrogens with zero attached hydrogens (tertiary/aromatic N) is 3. The number of carbonyl (C=O) groups excluding carboxylic acids is 1. The van der Waals surface area contributed by atoms with Crippen molar-refractivity contribution in [2.45, 2.75) is 6.10 Å². The molecule has 1 aromatic carbocycles. The Labute approximate surface area is 140 Å². The lowest BCUT2D eigenvalue weighted by atomic mass is 10.1. The minimum Gasteiger partial charge on any atom is -0.370 e. The summed E-state index contributed by atoms with van der Waals surface area (Å²) in [7, 11) is 3.72. The Morgan fingerprint density at radius 1 is 1.29 bits per heavy atom. The highest BCUT2D eigenvalue weighted by atomic mass is 19.1. The third kappa shape index (κ3) is 3.38. The lowest BCUT2D eigenvalue weighted by Crippen LogP contribution is -2.42. The summed E-state index contributed by atoms with van der Waals surface area (Å²) in [4.78, 5) is 20.8. The second-order valence-corrected chi connectivity index (χ2v) is 5.93. The summed E-state index contributed by atoms with van der Waals surface area (Å²) < 4.78 is 18.8. The molecule has 0 bridgehead atoms. The number of hydrogen-bond acceptors (Lipinski definition) is 4. The van der Waals surface area contributed by atoms with Gasteiger partial charge in [-0.1, -0.05) is 12.1 Å². The molecule has 0 spiro atoms. The fourth-order valence-electron chi connectivity index (χ4n) is 2.80. The minimum atomic E-state index is -0.284. The van der Waals surface area contributed by atoms with Gasteiger partial charge in [-0.15, -0.1) is 0 Å². The highest BCUT2D eigenvalue weighted by Gasteiger charge is 2.28. The quantitative estimate of drug-likeness (QED) is 0.868. The van der Waals surface area contributed by atoms with Gasteiger partial charge in [-0.3, -0.25) is 4.79 Å². The monoisotopic (exact) mass is 329 g/mol. The number of aromatic nitrogens is 1. The molecular weight excluding hydrogens is 309 g/mol. The van der Waals surface area contributed by atoms with Crippen LogP contribution in [-0.2, 0) is 4.74 Å². The van der Waals surface area contributed by atoms with Crippen molar-refractivity contribution in [3.63, 3.8) is 0 Å². The van der Waals surface area contributed by atoms with E-state index in [1.165, 1.54) is 12.1 Å². The van der Waals surface area contributed by atoms with Crippen molar-refractivity contribution < 1.29 is 13.9 Å². The molecule has 2 heterocycles. The molecule has 1 aliphatic rings. The first-order valence-electron chi connectivity index (χ1n) is 7.85. The van der Waals surface area contributed by atoms with E-state index in [1.54, 1.807) is 35.4 Å². The molecule has 24 heavy (non-hydrogen) atoms. The first kappa shape index (κ1) is 16.4. The molecule has 1 atom stereocenters. The predicted molar refractivity (Wildman–Crippen MR) is 89.6 cm³/mol. The van der Waals surface area contributed by atoms with E-state index in [-0.39, 0.29) is 17.8 Å². The smallest absolute Gasteiger partial charge is 0.257 e. The van der Waals surface area contributed by atoms with Crippen LogP contribution in [0.2, 0.25) is 0 Å². The van der Waals surface area contributed by atoms with Crippen LogP contribution in [-0.4, -0.2) is 49.6 Å². The van der Waals surface area contributed by atoms with Crippen molar-refractivity contribution in [2.75, 3.05) is 38.7 Å². The SMILES string of the molecule is CN(C)c1ncccc1C(=O)N1CCO[C@@H](c2ccc(F)cc2)C1. The normalized spacial score (nSPS) is 17.6. The van der Waals surface area contributed by atoms with Gasteiger partial charge in [0.25, 0.3) is 5.91 Å². The van der Waals surface area contributed by atoms with E-state index in [2.05, 4.69) is 4.98 Å². The Hall–Kier alpha value is -2.47. The number of benzene rings is 1. The first-order valence-corrected chi connectivity index (χ1v) is 7.85. The maximum absolute atomic E-state index is 13.1. The van der Waals surface area contributed by atoms with Crippen molar-refractivity contribution in [1.82, 2.24) is 9.88 Å². The average molecular weight is 329 g/mol. The fourth-order valence-corrected chi connectivity index (χ4v) is 2.80. The van der Waals surface area contributed by atoms with Gasteiger partial charge in [0.15, 0.2) is 0 Å². The van der Waals surface area contributed by atoms with Crippen molar-refractivity contribution in [2.24, 2.45) is 0 Å². The van der Waals surface area contributed by atoms with Crippen molar-refractivity contribution >= 4 is 11.7 Å². The Morgan fingerprint density at radius 2 is 2.04 bits per heavy atom. The summed E-state index contributed by atoms with van der Waals surface area (Å²) in [5, 5.41) is 0. The Morgan fingerprint density at radius 3 is 2.75 bits per heavy atom. The van der Waals surface area contributed by atoms with Crippen LogP contribution in [0, 0.1) is 5.82 Å². The molecule has 2 aromatic rings. The Balaban J connectivity index is 1.80. The minimum absolute atomic E-state index is 0.0674. The molecule has 0 radical (unpaired) electrons. The summed E-state index contributed by atoms with van der Waals surface area (Å²) in [6, 6.07) is 9.76. The molecule has 0 unspecified atom stereocenters. The van der Waals surface area contributed by atoms with E-state index in [0.717, 1.165) is 5.56 Å². The molecular formula is C18H20FN3O2. The van der Waals surface area contributed by atoms with Crippen LogP contribution >= 0.6 is 0 Å². The zero-order chi connectivity index (χ0) is 17.1. The number of anilines is 1. The molecule has 126 valence electrons. The average Bonchev–Trinajstić information content (AvgIpc) is 2.62. The summed E-state index contributed by atoms with van der Waals surface area (Å²) >= 11 is 0. The topological polar surface area (TPSA) is 45.7 Å². The van der Waals surface area contributed by atoms with Gasteiger partial charge in [0.2, 0.25) is 0 Å². The van der Waals surface area contributed by atoms with Crippen LogP contribution in [0.4, 0.5) is 10.2 Å². The molecule has 0 N–H and O–H groups in total. The van der Waals surface area contributed by atoms with Crippen LogP contribution in [0.5, 0.6) is 0 Å². The summed E-state index contributed by atoms with van der Waals surface area (Å²) in [5.41, 5.74) is 1.44. The molecule has 1 fully saturated rings. The van der Waals surface area contributed by atoms with Gasteiger partial charge in [0.1, 0.15) is 17.7 Å². The molecule has 1 aromatic heterocycles. The van der Waals surface area contributed by atoms with Crippen molar-refractivity contribution in [1.29, 1.82) is 0 Å². The highest BCUT2D eigenvalue weighted by Crippen LogP contribution is 2.25. The molecule has 0 aliphatic carbocycles. The highest BCUT2D eigenvalue weighted by molar-refractivity contribution is 5.98. The van der Waals surface area contributed by atoms with Gasteiger partial charge >= 0.3 is 0 Å². The Kier molecular flexibility index (Phi) is 4.76. The van der Waals surface area contributed by atoms with Gasteiger partial charge in [0.05, 0.1) is 18.7 Å². The second kappa shape index (κ2) is 6.97. The fraction of sp³-hybridized carbons (Fsp3) is 0.333. The molecule has 1 saturated heterocycles. The van der Waals surface area contributed by atoms with Crippen LogP contribution in [0.25, 0.3) is 0 Å². The van der Waals surface area contributed by atoms with E-state index in [9.17, 15) is 9.18 Å². The van der Waals surface area contributed by atoms with E-state index >= 15 is 0 Å². The number of amides is 1. The summed E-state index contributed by atoms with van der Waals surface area (Å²) in [6.45, 7) is 1.41. The van der Waals surface area contributed by atoms with Gasteiger partial charge in [-0.2, -0.15) is 0 Å². The lowest BCUT2D eigenvalue weighted by Gasteiger charge is -2.33. The number of carbonyl (C=O) groups is 1. The van der Waals surface area contributed by atoms with Gasteiger partial charge in [-0.05, 0) is 29.8 Å². The second-order valence-electron chi connectivity index (χ2n) is 5.93. The van der Waals surface area contributed by atoms with Crippen LogP contribution < -0.4 is 4.90 Å². The number of pyridine rings is 1. The number of hydrogen-bond donors (Lipinski definition) is 0. The number of ether oxygens (including phenoxy) is 1. The standard InChI is InChI=1S/C18H20FN3O2/c1-21(2)17-15(4-3-9-20-17)18(23)22-10-11-24-16(12-22)13-5-7-14(19)8-6-13/h3-9,16H,10-12H2,1-2H3/t16-/m1/s1. The maximum Gasteiger partial charge on any atom is 0.257 e. The van der Waals surface area contributed by atoms with E-state index in [0.29, 0.717) is 31.1 Å². The summed E-state index contributed by atoms with van der Waals surface area (Å²) in [5.74, 6) is 0.294. The zero-order valence-corrected chi connectivity index (χ0v) is 13.8. The van der Waals surface area contributed by atoms with Gasteiger partial charge < -0.3 is 14.5 Å². The van der Waals surface area contributed by atoms with Crippen molar-refractivity contribution in [3.8, 4) is 0 Å². The van der Waals surface area contributed by atoms with E-state index in [4.69, 9.17) is 4.74 Å². The number of rotatable bonds is 3. The van der Waals surface area contributed by atoms with E-state index < -0.39 is 0 Å². The maximum atomic E-state index is 13.1. The molecule has 5 nitrogen and oxygen atoms in total. The number of morpholine rings is 1. The zero-order valence-electron chi connectivity index (χ0n) is 13.8. The molecule has 1 amide bonds. The molecule has 1 aliphatic heterocycles. The third-order valence-electron chi connectivity index (χ3n) is 4.04. The third-order valence-corrected chi connectivity index (χ3v) is 4.04. The first-order chi connectivity index (χ1) is 11.6. The molecule has 6 heteroatoms. The van der Waals surface area contributed by atoms with Gasteiger partial charge in [0, 0.05) is 26.8 Å². The van der Waals surface area contributed by atoms with Crippen LogP contribution in [0.15, 0.2) is 42.6 Å². The molecule has 3 rings (SSSR count). The Bertz CT molecular complexity index is 718. The molecule has 0 saturated carbocycles. The van der Waals surface area contributed by atoms with Crippen LogP contribution in [0.3, 0.4) is 0 Å².